The molecule has 0 atom stereocenters. The lowest BCUT2D eigenvalue weighted by Gasteiger charge is -2.09. The summed E-state index contributed by atoms with van der Waals surface area (Å²) < 4.78 is 10.9. The van der Waals surface area contributed by atoms with E-state index < -0.39 is 0 Å². The minimum atomic E-state index is -0.165. The van der Waals surface area contributed by atoms with Gasteiger partial charge in [0, 0.05) is 5.39 Å². The fraction of sp³-hybridized carbons (Fsp3) is 0.130. The number of amides is 1. The predicted octanol–water partition coefficient (Wildman–Crippen LogP) is 5.14. The number of fused-ring (bicyclic) bond motifs is 1. The van der Waals surface area contributed by atoms with Crippen LogP contribution in [0.25, 0.3) is 16.8 Å². The summed E-state index contributed by atoms with van der Waals surface area (Å²) >= 11 is 1.32. The third-order valence-electron chi connectivity index (χ3n) is 4.42. The zero-order valence-electron chi connectivity index (χ0n) is 16.1. The van der Waals surface area contributed by atoms with Crippen molar-refractivity contribution in [3.8, 4) is 11.5 Å². The molecule has 1 amide bonds. The van der Waals surface area contributed by atoms with E-state index in [2.05, 4.69) is 10.3 Å². The van der Waals surface area contributed by atoms with Crippen molar-refractivity contribution in [3.63, 3.8) is 0 Å². The van der Waals surface area contributed by atoms with Gasteiger partial charge in [-0.1, -0.05) is 42.5 Å². The molecule has 1 N–H and O–H groups in total. The first kappa shape index (κ1) is 19.1. The molecule has 0 saturated carbocycles. The first-order valence-electron chi connectivity index (χ1n) is 9.26. The van der Waals surface area contributed by atoms with Crippen molar-refractivity contribution in [1.82, 2.24) is 5.32 Å². The van der Waals surface area contributed by atoms with Gasteiger partial charge in [0.1, 0.15) is 0 Å². The van der Waals surface area contributed by atoms with E-state index in [4.69, 9.17) is 9.47 Å². The van der Waals surface area contributed by atoms with Crippen LogP contribution in [0.4, 0.5) is 5.69 Å². The Balaban J connectivity index is 1.61. The lowest BCUT2D eigenvalue weighted by molar-refractivity contribution is -0.115. The van der Waals surface area contributed by atoms with Crippen LogP contribution in [0.5, 0.6) is 11.5 Å². The van der Waals surface area contributed by atoms with Gasteiger partial charge in [-0.05, 0) is 53.9 Å². The van der Waals surface area contributed by atoms with Crippen LogP contribution in [0.3, 0.4) is 0 Å². The van der Waals surface area contributed by atoms with Gasteiger partial charge in [0.25, 0.3) is 5.91 Å². The number of nitrogens with zero attached hydrogens (tertiary/aromatic N) is 1. The molecule has 0 bridgehead atoms. The average Bonchev–Trinajstić information content (AvgIpc) is 3.08. The average molecular weight is 404 g/mol. The van der Waals surface area contributed by atoms with Gasteiger partial charge in [-0.25, -0.2) is 4.99 Å². The van der Waals surface area contributed by atoms with Gasteiger partial charge >= 0.3 is 0 Å². The van der Waals surface area contributed by atoms with E-state index in [1.807, 2.05) is 73.7 Å². The van der Waals surface area contributed by atoms with E-state index in [-0.39, 0.29) is 5.91 Å². The standard InChI is InChI=1S/C23H20N2O3S/c1-3-28-19-12-11-15(13-20(19)27-2)14-21-22(26)25-23(29-21)24-18-10-6-8-16-7-4-5-9-17(16)18/h4-14H,3H2,1-2H3,(H,24,25,26)/b21-14-. The topological polar surface area (TPSA) is 59.9 Å². The summed E-state index contributed by atoms with van der Waals surface area (Å²) in [5.74, 6) is 1.15. The molecule has 0 radical (unpaired) electrons. The van der Waals surface area contributed by atoms with E-state index in [9.17, 15) is 4.79 Å². The molecule has 6 heteroatoms. The fourth-order valence-corrected chi connectivity index (χ4v) is 3.93. The molecule has 1 aliphatic heterocycles. The Kier molecular flexibility index (Phi) is 5.53. The Labute approximate surface area is 173 Å². The van der Waals surface area contributed by atoms with Crippen LogP contribution in [0, 0.1) is 0 Å². The quantitative estimate of drug-likeness (QED) is 0.598. The molecular weight excluding hydrogens is 384 g/mol. The number of methoxy groups -OCH3 is 1. The number of benzene rings is 3. The van der Waals surface area contributed by atoms with Gasteiger partial charge in [0.15, 0.2) is 16.7 Å². The molecule has 5 nitrogen and oxygen atoms in total. The van der Waals surface area contributed by atoms with Crippen LogP contribution in [0.2, 0.25) is 0 Å². The summed E-state index contributed by atoms with van der Waals surface area (Å²) in [5, 5.41) is 5.57. The van der Waals surface area contributed by atoms with Crippen molar-refractivity contribution < 1.29 is 14.3 Å². The number of hydrogen-bond acceptors (Lipinski definition) is 5. The van der Waals surface area contributed by atoms with E-state index >= 15 is 0 Å². The molecule has 1 saturated heterocycles. The second kappa shape index (κ2) is 8.41. The predicted molar refractivity (Wildman–Crippen MR) is 119 cm³/mol. The molecule has 1 aliphatic rings. The molecule has 3 aromatic carbocycles. The van der Waals surface area contributed by atoms with Crippen LogP contribution in [-0.4, -0.2) is 24.8 Å². The first-order chi connectivity index (χ1) is 14.2. The van der Waals surface area contributed by atoms with E-state index in [1.54, 1.807) is 7.11 Å². The summed E-state index contributed by atoms with van der Waals surface area (Å²) in [6, 6.07) is 19.6. The normalized spacial score (nSPS) is 16.4. The van der Waals surface area contributed by atoms with Crippen LogP contribution in [0.15, 0.2) is 70.6 Å². The summed E-state index contributed by atoms with van der Waals surface area (Å²) in [7, 11) is 1.60. The number of hydrogen-bond donors (Lipinski definition) is 1. The Morgan fingerprint density at radius 1 is 1.07 bits per heavy atom. The monoisotopic (exact) mass is 404 g/mol. The van der Waals surface area contributed by atoms with Crippen LogP contribution in [-0.2, 0) is 4.79 Å². The number of amidine groups is 1. The van der Waals surface area contributed by atoms with Gasteiger partial charge in [-0.3, -0.25) is 4.79 Å². The molecule has 0 aromatic heterocycles. The number of carbonyl (C=O) groups is 1. The Morgan fingerprint density at radius 2 is 1.90 bits per heavy atom. The highest BCUT2D eigenvalue weighted by Gasteiger charge is 2.24. The van der Waals surface area contributed by atoms with Gasteiger partial charge < -0.3 is 14.8 Å². The second-order valence-electron chi connectivity index (χ2n) is 6.32. The number of rotatable bonds is 5. The van der Waals surface area contributed by atoms with Crippen LogP contribution >= 0.6 is 11.8 Å². The summed E-state index contributed by atoms with van der Waals surface area (Å²) in [4.78, 5) is 17.7. The summed E-state index contributed by atoms with van der Waals surface area (Å²) in [6.07, 6.45) is 1.82. The summed E-state index contributed by atoms with van der Waals surface area (Å²) in [6.45, 7) is 2.48. The highest BCUT2D eigenvalue weighted by molar-refractivity contribution is 8.18. The zero-order valence-corrected chi connectivity index (χ0v) is 17.0. The summed E-state index contributed by atoms with van der Waals surface area (Å²) in [5.41, 5.74) is 1.68. The highest BCUT2D eigenvalue weighted by Crippen LogP contribution is 2.33. The minimum absolute atomic E-state index is 0.165. The first-order valence-corrected chi connectivity index (χ1v) is 10.1. The number of nitrogens with one attached hydrogen (secondary N) is 1. The van der Waals surface area contributed by atoms with Gasteiger partial charge in [0.2, 0.25) is 0 Å². The van der Waals surface area contributed by atoms with Gasteiger partial charge in [-0.2, -0.15) is 0 Å². The zero-order chi connectivity index (χ0) is 20.2. The fourth-order valence-electron chi connectivity index (χ4n) is 3.10. The maximum absolute atomic E-state index is 12.4. The number of carbonyl (C=O) groups excluding carboxylic acids is 1. The largest absolute Gasteiger partial charge is 0.493 e. The number of thioether (sulfide) groups is 1. The van der Waals surface area contributed by atoms with Crippen LogP contribution < -0.4 is 14.8 Å². The van der Waals surface area contributed by atoms with Gasteiger partial charge in [0.05, 0.1) is 24.3 Å². The van der Waals surface area contributed by atoms with E-state index in [0.717, 1.165) is 22.0 Å². The smallest absolute Gasteiger partial charge is 0.264 e. The van der Waals surface area contributed by atoms with Crippen molar-refractivity contribution in [2.24, 2.45) is 4.99 Å². The van der Waals surface area contributed by atoms with Crippen molar-refractivity contribution in [3.05, 3.63) is 71.1 Å². The molecule has 1 heterocycles. The third-order valence-corrected chi connectivity index (χ3v) is 5.33. The molecular formula is C23H20N2O3S. The van der Waals surface area contributed by atoms with E-state index in [0.29, 0.717) is 28.2 Å². The Hall–Kier alpha value is -3.25. The maximum atomic E-state index is 12.4. The van der Waals surface area contributed by atoms with Crippen molar-refractivity contribution >= 4 is 45.4 Å². The Bertz CT molecular complexity index is 1130. The SMILES string of the molecule is CCOc1ccc(/C=C2\SC(=Nc3cccc4ccccc34)NC2=O)cc1OC. The highest BCUT2D eigenvalue weighted by atomic mass is 32.2. The Morgan fingerprint density at radius 3 is 2.72 bits per heavy atom. The molecule has 0 unspecified atom stereocenters. The lowest BCUT2D eigenvalue weighted by atomic mass is 10.1. The number of ether oxygens (including phenoxy) is 2. The lowest BCUT2D eigenvalue weighted by Crippen LogP contribution is -2.19. The molecule has 146 valence electrons. The molecule has 3 aromatic rings. The van der Waals surface area contributed by atoms with E-state index in [1.165, 1.54) is 11.8 Å². The molecule has 29 heavy (non-hydrogen) atoms. The third kappa shape index (κ3) is 4.12. The second-order valence-corrected chi connectivity index (χ2v) is 7.35. The van der Waals surface area contributed by atoms with Crippen molar-refractivity contribution in [2.75, 3.05) is 13.7 Å². The molecule has 1 fully saturated rings. The maximum Gasteiger partial charge on any atom is 0.264 e. The minimum Gasteiger partial charge on any atom is -0.493 e. The van der Waals surface area contributed by atoms with Crippen molar-refractivity contribution in [2.45, 2.75) is 6.92 Å². The van der Waals surface area contributed by atoms with Crippen molar-refractivity contribution in [1.29, 1.82) is 0 Å². The molecule has 4 rings (SSSR count). The molecule has 0 aliphatic carbocycles. The number of aliphatic imine (C=N–C) groups is 1. The molecule has 0 spiro atoms. The van der Waals surface area contributed by atoms with Crippen LogP contribution in [0.1, 0.15) is 12.5 Å². The van der Waals surface area contributed by atoms with Gasteiger partial charge in [-0.15, -0.1) is 0 Å².